The highest BCUT2D eigenvalue weighted by Crippen LogP contribution is 2.12. The maximum Gasteiger partial charge on any atom is 0.249 e. The highest BCUT2D eigenvalue weighted by molar-refractivity contribution is 5.80. The lowest BCUT2D eigenvalue weighted by molar-refractivity contribution is -0.130. The van der Waals surface area contributed by atoms with Crippen LogP contribution in [0.3, 0.4) is 0 Å². The minimum Gasteiger partial charge on any atom is -0.368 e. The van der Waals surface area contributed by atoms with E-state index in [1.807, 2.05) is 0 Å². The summed E-state index contributed by atoms with van der Waals surface area (Å²) in [5, 5.41) is 2.96. The van der Waals surface area contributed by atoms with E-state index in [0.29, 0.717) is 0 Å². The first-order valence-electron chi connectivity index (χ1n) is 7.09. The van der Waals surface area contributed by atoms with E-state index in [1.54, 1.807) is 0 Å². The van der Waals surface area contributed by atoms with E-state index >= 15 is 0 Å². The molecule has 0 radical (unpaired) electrons. The van der Waals surface area contributed by atoms with Crippen molar-refractivity contribution in [2.75, 3.05) is 13.2 Å². The molecule has 1 atom stereocenters. The lowest BCUT2D eigenvalue weighted by Crippen LogP contribution is -2.34. The van der Waals surface area contributed by atoms with Gasteiger partial charge in [0.05, 0.1) is 0 Å². The largest absolute Gasteiger partial charge is 0.368 e. The Morgan fingerprint density at radius 2 is 2.06 bits per heavy atom. The normalized spacial score (nSPS) is 19.8. The van der Waals surface area contributed by atoms with E-state index in [2.05, 4.69) is 19.2 Å². The molecule has 1 rings (SSSR count). The average Bonchev–Trinajstić information content (AvgIpc) is 2.80. The molecule has 1 aliphatic rings. The van der Waals surface area contributed by atoms with Crippen molar-refractivity contribution < 1.29 is 9.53 Å². The second kappa shape index (κ2) is 8.51. The van der Waals surface area contributed by atoms with E-state index in [-0.39, 0.29) is 12.0 Å². The minimum absolute atomic E-state index is 0.0877. The minimum atomic E-state index is -0.170. The summed E-state index contributed by atoms with van der Waals surface area (Å²) in [7, 11) is 0. The zero-order valence-corrected chi connectivity index (χ0v) is 11.3. The third-order valence-electron chi connectivity index (χ3n) is 3.23. The Kier molecular flexibility index (Phi) is 7.25. The van der Waals surface area contributed by atoms with Crippen LogP contribution in [0.25, 0.3) is 0 Å². The lowest BCUT2D eigenvalue weighted by Gasteiger charge is -2.10. The van der Waals surface area contributed by atoms with Gasteiger partial charge in [0.25, 0.3) is 0 Å². The third kappa shape index (κ3) is 6.67. The van der Waals surface area contributed by atoms with E-state index < -0.39 is 0 Å². The summed E-state index contributed by atoms with van der Waals surface area (Å²) in [6, 6.07) is 0. The van der Waals surface area contributed by atoms with Gasteiger partial charge in [0.2, 0.25) is 5.91 Å². The Hall–Kier alpha value is -0.570. The number of hydrogen-bond donors (Lipinski definition) is 1. The second-order valence-electron chi connectivity index (χ2n) is 5.39. The summed E-state index contributed by atoms with van der Waals surface area (Å²) in [6.07, 6.45) is 7.98. The lowest BCUT2D eigenvalue weighted by atomic mass is 10.0. The summed E-state index contributed by atoms with van der Waals surface area (Å²) < 4.78 is 5.32. The van der Waals surface area contributed by atoms with Gasteiger partial charge in [-0.25, -0.2) is 0 Å². The van der Waals surface area contributed by atoms with Gasteiger partial charge in [-0.05, 0) is 25.2 Å². The summed E-state index contributed by atoms with van der Waals surface area (Å²) in [4.78, 5) is 11.6. The number of carbonyl (C=O) groups is 1. The summed E-state index contributed by atoms with van der Waals surface area (Å²) >= 11 is 0. The number of rotatable bonds is 8. The third-order valence-corrected chi connectivity index (χ3v) is 3.23. The van der Waals surface area contributed by atoms with E-state index in [9.17, 15) is 4.79 Å². The molecule has 0 bridgehead atoms. The topological polar surface area (TPSA) is 38.3 Å². The predicted molar refractivity (Wildman–Crippen MR) is 69.9 cm³/mol. The number of carbonyl (C=O) groups excluding carboxylic acids is 1. The van der Waals surface area contributed by atoms with Crippen molar-refractivity contribution >= 4 is 5.91 Å². The first-order chi connectivity index (χ1) is 8.20. The monoisotopic (exact) mass is 241 g/mol. The van der Waals surface area contributed by atoms with Gasteiger partial charge >= 0.3 is 0 Å². The van der Waals surface area contributed by atoms with Gasteiger partial charge in [0.15, 0.2) is 0 Å². The van der Waals surface area contributed by atoms with Crippen molar-refractivity contribution in [3.63, 3.8) is 0 Å². The molecule has 17 heavy (non-hydrogen) atoms. The molecular weight excluding hydrogens is 214 g/mol. The zero-order valence-electron chi connectivity index (χ0n) is 11.3. The van der Waals surface area contributed by atoms with Crippen molar-refractivity contribution in [3.8, 4) is 0 Å². The average molecular weight is 241 g/mol. The number of nitrogens with one attached hydrogen (secondary N) is 1. The molecule has 0 aromatic carbocycles. The van der Waals surface area contributed by atoms with Crippen LogP contribution < -0.4 is 5.32 Å². The van der Waals surface area contributed by atoms with Crippen molar-refractivity contribution in [1.29, 1.82) is 0 Å². The molecule has 0 saturated carbocycles. The fourth-order valence-corrected chi connectivity index (χ4v) is 2.14. The molecule has 1 unspecified atom stereocenters. The van der Waals surface area contributed by atoms with Gasteiger partial charge in [-0.3, -0.25) is 4.79 Å². The predicted octanol–water partition coefficient (Wildman–Crippen LogP) is 2.89. The van der Waals surface area contributed by atoms with Crippen molar-refractivity contribution in [1.82, 2.24) is 5.32 Å². The summed E-state index contributed by atoms with van der Waals surface area (Å²) in [6.45, 7) is 6.08. The Bertz CT molecular complexity index is 210. The number of hydrogen-bond acceptors (Lipinski definition) is 2. The fraction of sp³-hybridized carbons (Fsp3) is 0.929. The van der Waals surface area contributed by atoms with Crippen LogP contribution in [0, 0.1) is 5.92 Å². The van der Waals surface area contributed by atoms with E-state index in [1.165, 1.54) is 25.7 Å². The van der Waals surface area contributed by atoms with Gasteiger partial charge in [-0.1, -0.05) is 39.5 Å². The van der Waals surface area contributed by atoms with E-state index in [0.717, 1.165) is 38.3 Å². The number of amides is 1. The molecule has 1 fully saturated rings. The maximum absolute atomic E-state index is 11.6. The van der Waals surface area contributed by atoms with Gasteiger partial charge in [0, 0.05) is 13.2 Å². The molecular formula is C14H27NO2. The first kappa shape index (κ1) is 14.5. The van der Waals surface area contributed by atoms with E-state index in [4.69, 9.17) is 4.74 Å². The number of ether oxygens (including phenoxy) is 1. The highest BCUT2D eigenvalue weighted by Gasteiger charge is 2.22. The van der Waals surface area contributed by atoms with Crippen LogP contribution in [0.15, 0.2) is 0 Å². The smallest absolute Gasteiger partial charge is 0.249 e. The van der Waals surface area contributed by atoms with Gasteiger partial charge in [-0.2, -0.15) is 0 Å². The molecule has 1 heterocycles. The SMILES string of the molecule is CC(C)CCCCCCNC(=O)C1CCCO1. The van der Waals surface area contributed by atoms with Crippen LogP contribution in [-0.2, 0) is 9.53 Å². The number of unbranched alkanes of at least 4 members (excludes halogenated alkanes) is 3. The quantitative estimate of drug-likeness (QED) is 0.664. The highest BCUT2D eigenvalue weighted by atomic mass is 16.5. The molecule has 1 saturated heterocycles. The van der Waals surface area contributed by atoms with Crippen molar-refractivity contribution in [2.45, 2.75) is 64.9 Å². The second-order valence-corrected chi connectivity index (χ2v) is 5.39. The summed E-state index contributed by atoms with van der Waals surface area (Å²) in [5.74, 6) is 0.902. The van der Waals surface area contributed by atoms with Crippen LogP contribution >= 0.6 is 0 Å². The Balaban J connectivity index is 1.88. The van der Waals surface area contributed by atoms with Gasteiger partial charge in [-0.15, -0.1) is 0 Å². The zero-order chi connectivity index (χ0) is 12.5. The fourth-order valence-electron chi connectivity index (χ4n) is 2.14. The van der Waals surface area contributed by atoms with Gasteiger partial charge in [0.1, 0.15) is 6.10 Å². The van der Waals surface area contributed by atoms with Gasteiger partial charge < -0.3 is 10.1 Å². The van der Waals surface area contributed by atoms with Crippen LogP contribution in [0.5, 0.6) is 0 Å². The molecule has 0 aliphatic carbocycles. The molecule has 0 aromatic heterocycles. The molecule has 3 nitrogen and oxygen atoms in total. The van der Waals surface area contributed by atoms with Crippen LogP contribution in [0.1, 0.15) is 58.8 Å². The molecule has 3 heteroatoms. The molecule has 1 amide bonds. The Labute approximate surface area is 105 Å². The van der Waals surface area contributed by atoms with Crippen molar-refractivity contribution in [2.24, 2.45) is 5.92 Å². The summed E-state index contributed by atoms with van der Waals surface area (Å²) in [5.41, 5.74) is 0. The van der Waals surface area contributed by atoms with Crippen LogP contribution in [0.2, 0.25) is 0 Å². The van der Waals surface area contributed by atoms with Crippen LogP contribution in [0.4, 0.5) is 0 Å². The van der Waals surface area contributed by atoms with Crippen molar-refractivity contribution in [3.05, 3.63) is 0 Å². The Morgan fingerprint density at radius 1 is 1.29 bits per heavy atom. The molecule has 0 aromatic rings. The molecule has 0 spiro atoms. The molecule has 1 aliphatic heterocycles. The maximum atomic E-state index is 11.6. The standard InChI is InChI=1S/C14H27NO2/c1-12(2)8-5-3-4-6-10-15-14(16)13-9-7-11-17-13/h12-13H,3-11H2,1-2H3,(H,15,16). The Morgan fingerprint density at radius 3 is 2.71 bits per heavy atom. The molecule has 100 valence electrons. The molecule has 1 N–H and O–H groups in total. The first-order valence-corrected chi connectivity index (χ1v) is 7.09. The van der Waals surface area contributed by atoms with Crippen LogP contribution in [-0.4, -0.2) is 25.2 Å².